The van der Waals surface area contributed by atoms with Crippen LogP contribution in [0.5, 0.6) is 5.75 Å². The van der Waals surface area contributed by atoms with Crippen molar-refractivity contribution >= 4 is 38.7 Å². The minimum absolute atomic E-state index is 0.0829. The third-order valence-electron chi connectivity index (χ3n) is 6.62. The molecule has 11 heteroatoms. The predicted molar refractivity (Wildman–Crippen MR) is 134 cm³/mol. The Hall–Kier alpha value is -2.58. The largest absolute Gasteiger partial charge is 0.474 e. The number of aromatic nitrogens is 1. The van der Waals surface area contributed by atoms with Crippen LogP contribution in [-0.2, 0) is 10.5 Å². The Bertz CT molecular complexity index is 1420. The summed E-state index contributed by atoms with van der Waals surface area (Å²) < 4.78 is 28.4. The van der Waals surface area contributed by atoms with Crippen molar-refractivity contribution in [3.63, 3.8) is 0 Å². The normalized spacial score (nSPS) is 20.9. The van der Waals surface area contributed by atoms with Crippen LogP contribution in [0.2, 0.25) is 5.02 Å². The fraction of sp³-hybridized carbons (Fsp3) is 0.250. The highest BCUT2D eigenvalue weighted by atomic mass is 35.5. The molecule has 3 aliphatic heterocycles. The number of pyridine rings is 1. The smallest absolute Gasteiger partial charge is 0.278 e. The van der Waals surface area contributed by atoms with Gasteiger partial charge in [0.25, 0.3) is 5.91 Å². The number of fused-ring (bicyclic) bond motifs is 4. The SMILES string of the molecule is O=C1c2c(OP)c(=O)ccn2N([C@@H]2c3cccc(Cl)c3SCc3cccc(F)c32)[C@@H]2COCCN12. The van der Waals surface area contributed by atoms with E-state index in [9.17, 15) is 9.59 Å². The molecule has 0 radical (unpaired) electrons. The van der Waals surface area contributed by atoms with E-state index in [1.165, 1.54) is 18.3 Å². The zero-order valence-electron chi connectivity index (χ0n) is 18.3. The highest BCUT2D eigenvalue weighted by Gasteiger charge is 2.46. The Morgan fingerprint density at radius 3 is 2.83 bits per heavy atom. The van der Waals surface area contributed by atoms with E-state index in [4.69, 9.17) is 20.9 Å². The van der Waals surface area contributed by atoms with E-state index in [-0.39, 0.29) is 29.8 Å². The maximum absolute atomic E-state index is 15.7. The fourth-order valence-electron chi connectivity index (χ4n) is 5.12. The summed E-state index contributed by atoms with van der Waals surface area (Å²) in [5, 5.41) is 2.48. The molecule has 3 aromatic rings. The van der Waals surface area contributed by atoms with Crippen molar-refractivity contribution in [3.8, 4) is 5.75 Å². The number of rotatable bonds is 2. The van der Waals surface area contributed by atoms with Gasteiger partial charge in [0, 0.05) is 35.0 Å². The molecule has 4 heterocycles. The summed E-state index contributed by atoms with van der Waals surface area (Å²) in [7, 11) is 2.05. The van der Waals surface area contributed by atoms with E-state index in [1.807, 2.05) is 38.7 Å². The molecule has 1 aromatic heterocycles. The minimum Gasteiger partial charge on any atom is -0.474 e. The van der Waals surface area contributed by atoms with E-state index in [0.29, 0.717) is 29.5 Å². The third-order valence-corrected chi connectivity index (χ3v) is 8.48. The van der Waals surface area contributed by atoms with E-state index < -0.39 is 17.6 Å². The molecule has 1 unspecified atom stereocenters. The Balaban J connectivity index is 1.69. The van der Waals surface area contributed by atoms with Crippen molar-refractivity contribution < 1.29 is 18.4 Å². The summed E-state index contributed by atoms with van der Waals surface area (Å²) in [5.74, 6) is -0.242. The number of morpholine rings is 1. The molecule has 35 heavy (non-hydrogen) atoms. The highest BCUT2D eigenvalue weighted by molar-refractivity contribution is 7.98. The summed E-state index contributed by atoms with van der Waals surface area (Å²) in [6.07, 6.45) is 0.994. The van der Waals surface area contributed by atoms with Gasteiger partial charge in [0.15, 0.2) is 5.69 Å². The van der Waals surface area contributed by atoms with Crippen LogP contribution in [0.1, 0.15) is 33.2 Å². The van der Waals surface area contributed by atoms with Gasteiger partial charge < -0.3 is 14.2 Å². The fourth-order valence-corrected chi connectivity index (χ4v) is 6.80. The number of amides is 1. The van der Waals surface area contributed by atoms with Gasteiger partial charge >= 0.3 is 0 Å². The predicted octanol–water partition coefficient (Wildman–Crippen LogP) is 3.96. The van der Waals surface area contributed by atoms with Crippen molar-refractivity contribution in [1.82, 2.24) is 9.58 Å². The molecule has 0 aliphatic carbocycles. The van der Waals surface area contributed by atoms with Gasteiger partial charge in [-0.05, 0) is 23.3 Å². The quantitative estimate of drug-likeness (QED) is 0.467. The Kier molecular flexibility index (Phi) is 5.76. The lowest BCUT2D eigenvalue weighted by molar-refractivity contribution is -0.0197. The number of benzene rings is 2. The second-order valence-electron chi connectivity index (χ2n) is 8.42. The first-order valence-corrected chi connectivity index (χ1v) is 12.8. The number of carbonyl (C=O) groups is 1. The third kappa shape index (κ3) is 3.48. The second-order valence-corrected chi connectivity index (χ2v) is 10.0. The first-order valence-electron chi connectivity index (χ1n) is 11.0. The average Bonchev–Trinajstić information content (AvgIpc) is 3.03. The van der Waals surface area contributed by atoms with Crippen molar-refractivity contribution in [2.75, 3.05) is 24.8 Å². The number of hydrogen-bond acceptors (Lipinski definition) is 6. The van der Waals surface area contributed by atoms with Gasteiger partial charge in [0.05, 0.1) is 27.7 Å². The number of thioether (sulfide) groups is 1. The second kappa shape index (κ2) is 8.82. The van der Waals surface area contributed by atoms with Gasteiger partial charge in [0.1, 0.15) is 18.0 Å². The molecule has 2 aromatic carbocycles. The summed E-state index contributed by atoms with van der Waals surface area (Å²) >= 11 is 8.19. The molecule has 1 saturated heterocycles. The topological polar surface area (TPSA) is 64.0 Å². The standard InChI is InChI=1S/C24H20ClFN3O4PS/c25-15-5-2-4-14-20(19-13(12-35-23(14)15)3-1-6-16(19)26)29-18-11-32-10-9-27(18)24(31)21-22(33-34)17(30)7-8-28(21)29/h1-8,18,20H,9-12,34H2/t18-,20-/m1/s1. The molecule has 3 aliphatic rings. The van der Waals surface area contributed by atoms with Gasteiger partial charge in [-0.2, -0.15) is 0 Å². The van der Waals surface area contributed by atoms with E-state index in [2.05, 4.69) is 0 Å². The summed E-state index contributed by atoms with van der Waals surface area (Å²) in [4.78, 5) is 28.7. The number of carbonyl (C=O) groups excluding carboxylic acids is 1. The van der Waals surface area contributed by atoms with Crippen molar-refractivity contribution in [2.45, 2.75) is 22.9 Å². The van der Waals surface area contributed by atoms with Crippen molar-refractivity contribution in [2.24, 2.45) is 0 Å². The number of halogens is 2. The summed E-state index contributed by atoms with van der Waals surface area (Å²) in [6, 6.07) is 11.3. The maximum atomic E-state index is 15.7. The monoisotopic (exact) mass is 531 g/mol. The van der Waals surface area contributed by atoms with Gasteiger partial charge in [-0.3, -0.25) is 19.3 Å². The van der Waals surface area contributed by atoms with Crippen LogP contribution in [-0.4, -0.2) is 41.4 Å². The number of ether oxygens (including phenoxy) is 1. The van der Waals surface area contributed by atoms with E-state index in [0.717, 1.165) is 16.0 Å². The average molecular weight is 532 g/mol. The molecule has 180 valence electrons. The Morgan fingerprint density at radius 1 is 1.17 bits per heavy atom. The molecule has 1 fully saturated rings. The molecule has 6 rings (SSSR count). The molecule has 0 bridgehead atoms. The van der Waals surface area contributed by atoms with Crippen LogP contribution < -0.4 is 15.0 Å². The summed E-state index contributed by atoms with van der Waals surface area (Å²) in [6.45, 7) is 0.906. The van der Waals surface area contributed by atoms with Crippen LogP contribution in [0.15, 0.2) is 58.4 Å². The summed E-state index contributed by atoms with van der Waals surface area (Å²) in [5.41, 5.74) is 1.81. The number of hydrogen-bond donors (Lipinski definition) is 0. The van der Waals surface area contributed by atoms with Gasteiger partial charge in [-0.15, -0.1) is 11.8 Å². The first kappa shape index (κ1) is 22.9. The maximum Gasteiger partial charge on any atom is 0.278 e. The van der Waals surface area contributed by atoms with Crippen LogP contribution in [0.4, 0.5) is 4.39 Å². The molecule has 3 atom stereocenters. The van der Waals surface area contributed by atoms with Crippen molar-refractivity contribution in [3.05, 3.63) is 92.1 Å². The molecular formula is C24H20ClFN3O4PS. The van der Waals surface area contributed by atoms with E-state index in [1.54, 1.807) is 27.4 Å². The molecule has 0 saturated carbocycles. The Labute approximate surface area is 212 Å². The first-order chi connectivity index (χ1) is 17.0. The molecule has 7 nitrogen and oxygen atoms in total. The van der Waals surface area contributed by atoms with Crippen LogP contribution in [0.25, 0.3) is 0 Å². The lowest BCUT2D eigenvalue weighted by atomic mass is 9.93. The van der Waals surface area contributed by atoms with Gasteiger partial charge in [-0.25, -0.2) is 4.39 Å². The molecular weight excluding hydrogens is 512 g/mol. The van der Waals surface area contributed by atoms with Gasteiger partial charge in [0.2, 0.25) is 11.2 Å². The highest BCUT2D eigenvalue weighted by Crippen LogP contribution is 2.47. The molecule has 1 amide bonds. The molecule has 0 N–H and O–H groups in total. The van der Waals surface area contributed by atoms with E-state index >= 15 is 4.39 Å². The zero-order chi connectivity index (χ0) is 24.3. The van der Waals surface area contributed by atoms with Crippen LogP contribution >= 0.6 is 32.8 Å². The minimum atomic E-state index is -0.657. The van der Waals surface area contributed by atoms with Crippen molar-refractivity contribution in [1.29, 1.82) is 0 Å². The molecule has 0 spiro atoms. The lowest BCUT2D eigenvalue weighted by Crippen LogP contribution is -2.66. The van der Waals surface area contributed by atoms with Crippen LogP contribution in [0.3, 0.4) is 0 Å². The number of nitrogens with zero attached hydrogens (tertiary/aromatic N) is 3. The van der Waals surface area contributed by atoms with Crippen LogP contribution in [0, 0.1) is 5.82 Å². The zero-order valence-corrected chi connectivity index (χ0v) is 21.0. The lowest BCUT2D eigenvalue weighted by Gasteiger charge is -2.51. The Morgan fingerprint density at radius 2 is 2.00 bits per heavy atom. The van der Waals surface area contributed by atoms with Gasteiger partial charge in [-0.1, -0.05) is 35.9 Å².